The third kappa shape index (κ3) is 4.09. The highest BCUT2D eigenvalue weighted by molar-refractivity contribution is 9.10. The van der Waals surface area contributed by atoms with Crippen LogP contribution in [0.1, 0.15) is 10.4 Å². The number of imidazole rings is 1. The predicted octanol–water partition coefficient (Wildman–Crippen LogP) is 3.07. The third-order valence-corrected chi connectivity index (χ3v) is 4.11. The number of H-pyrrole nitrogens is 2. The second kappa shape index (κ2) is 7.12. The molecule has 128 valence electrons. The Balaban J connectivity index is 1.62. The highest BCUT2D eigenvalue weighted by atomic mass is 79.9. The van der Waals surface area contributed by atoms with Crippen LogP contribution in [0, 0.1) is 0 Å². The number of carbonyl (C=O) groups excluding carboxylic acids is 2. The molecule has 7 nitrogen and oxygen atoms in total. The van der Waals surface area contributed by atoms with Crippen LogP contribution in [0.5, 0.6) is 0 Å². The summed E-state index contributed by atoms with van der Waals surface area (Å²) in [5, 5.41) is 2.81. The van der Waals surface area contributed by atoms with Gasteiger partial charge in [-0.3, -0.25) is 4.79 Å². The van der Waals surface area contributed by atoms with Crippen molar-refractivity contribution in [1.82, 2.24) is 9.97 Å². The van der Waals surface area contributed by atoms with Crippen molar-refractivity contribution in [3.05, 3.63) is 61.9 Å². The minimum Gasteiger partial charge on any atom is -0.452 e. The van der Waals surface area contributed by atoms with E-state index in [1.54, 1.807) is 30.3 Å². The Morgan fingerprint density at radius 1 is 1.12 bits per heavy atom. The van der Waals surface area contributed by atoms with Crippen molar-refractivity contribution >= 4 is 56.1 Å². The largest absolute Gasteiger partial charge is 0.452 e. The molecule has 9 heteroatoms. The number of carbonyl (C=O) groups is 2. The predicted molar refractivity (Wildman–Crippen MR) is 97.0 cm³/mol. The van der Waals surface area contributed by atoms with E-state index in [2.05, 4.69) is 31.2 Å². The number of fused-ring (bicyclic) bond motifs is 1. The zero-order valence-corrected chi connectivity index (χ0v) is 14.9. The molecule has 3 aromatic rings. The smallest absolute Gasteiger partial charge is 0.340 e. The summed E-state index contributed by atoms with van der Waals surface area (Å²) in [6.45, 7) is -0.469. The van der Waals surface area contributed by atoms with Crippen molar-refractivity contribution in [2.24, 2.45) is 0 Å². The molecule has 0 saturated carbocycles. The molecular formula is C16H11BrClN3O4. The van der Waals surface area contributed by atoms with Crippen LogP contribution in [0.4, 0.5) is 5.69 Å². The van der Waals surface area contributed by atoms with Gasteiger partial charge in [0, 0.05) is 10.2 Å². The number of hydrogen-bond donors (Lipinski definition) is 3. The molecule has 1 heterocycles. The highest BCUT2D eigenvalue weighted by Gasteiger charge is 2.14. The highest BCUT2D eigenvalue weighted by Crippen LogP contribution is 2.21. The average Bonchev–Trinajstić information content (AvgIpc) is 2.94. The topological polar surface area (TPSA) is 104 Å². The molecule has 3 rings (SSSR count). The fourth-order valence-corrected chi connectivity index (χ4v) is 2.73. The summed E-state index contributed by atoms with van der Waals surface area (Å²) < 4.78 is 5.64. The Hall–Kier alpha value is -2.58. The van der Waals surface area contributed by atoms with E-state index >= 15 is 0 Å². The number of hydrogen-bond acceptors (Lipinski definition) is 4. The molecule has 1 aromatic heterocycles. The summed E-state index contributed by atoms with van der Waals surface area (Å²) in [5.41, 5.74) is 1.47. The Morgan fingerprint density at radius 3 is 2.68 bits per heavy atom. The summed E-state index contributed by atoms with van der Waals surface area (Å²) in [4.78, 5) is 40.3. The molecule has 0 saturated heterocycles. The van der Waals surface area contributed by atoms with Crippen LogP contribution in [0.25, 0.3) is 11.0 Å². The van der Waals surface area contributed by atoms with Gasteiger partial charge in [-0.25, -0.2) is 9.59 Å². The molecule has 0 atom stereocenters. The maximum Gasteiger partial charge on any atom is 0.340 e. The fraction of sp³-hybridized carbons (Fsp3) is 0.0625. The number of nitrogens with one attached hydrogen (secondary N) is 3. The third-order valence-electron chi connectivity index (χ3n) is 3.28. The second-order valence-electron chi connectivity index (χ2n) is 5.09. The maximum absolute atomic E-state index is 12.0. The number of ether oxygens (including phenoxy) is 1. The Kier molecular flexibility index (Phi) is 4.91. The van der Waals surface area contributed by atoms with Crippen molar-refractivity contribution in [2.45, 2.75) is 0 Å². The molecule has 0 fully saturated rings. The van der Waals surface area contributed by atoms with Crippen molar-refractivity contribution < 1.29 is 14.3 Å². The molecule has 0 aliphatic heterocycles. The van der Waals surface area contributed by atoms with E-state index in [1.165, 1.54) is 6.07 Å². The van der Waals surface area contributed by atoms with Crippen molar-refractivity contribution in [3.63, 3.8) is 0 Å². The zero-order valence-electron chi connectivity index (χ0n) is 12.6. The van der Waals surface area contributed by atoms with Crippen molar-refractivity contribution in [2.75, 3.05) is 11.9 Å². The van der Waals surface area contributed by atoms with Gasteiger partial charge in [-0.05, 0) is 36.4 Å². The number of halogens is 2. The first-order valence-electron chi connectivity index (χ1n) is 7.06. The van der Waals surface area contributed by atoms with E-state index in [0.717, 1.165) is 0 Å². The van der Waals surface area contributed by atoms with Gasteiger partial charge in [-0.15, -0.1) is 0 Å². The monoisotopic (exact) mass is 423 g/mol. The molecule has 0 radical (unpaired) electrons. The Labute approximate surface area is 154 Å². The van der Waals surface area contributed by atoms with Gasteiger partial charge >= 0.3 is 11.7 Å². The van der Waals surface area contributed by atoms with E-state index in [-0.39, 0.29) is 16.3 Å². The van der Waals surface area contributed by atoms with Crippen LogP contribution < -0.4 is 11.0 Å². The summed E-state index contributed by atoms with van der Waals surface area (Å²) in [7, 11) is 0. The Morgan fingerprint density at radius 2 is 1.88 bits per heavy atom. The number of rotatable bonds is 4. The number of esters is 1. The van der Waals surface area contributed by atoms with Gasteiger partial charge in [0.15, 0.2) is 6.61 Å². The summed E-state index contributed by atoms with van der Waals surface area (Å²) in [5.74, 6) is -1.22. The first-order valence-corrected chi connectivity index (χ1v) is 8.23. The van der Waals surface area contributed by atoms with Gasteiger partial charge in [0.1, 0.15) is 0 Å². The van der Waals surface area contributed by atoms with Crippen LogP contribution in [0.3, 0.4) is 0 Å². The lowest BCUT2D eigenvalue weighted by Gasteiger charge is -2.08. The molecule has 25 heavy (non-hydrogen) atoms. The number of anilines is 1. The molecule has 0 aliphatic rings. The first kappa shape index (κ1) is 17.2. The van der Waals surface area contributed by atoms with Crippen LogP contribution in [-0.4, -0.2) is 28.5 Å². The summed E-state index contributed by atoms with van der Waals surface area (Å²) in [6, 6.07) is 9.62. The molecule has 0 spiro atoms. The average molecular weight is 425 g/mol. The maximum atomic E-state index is 12.0. The normalized spacial score (nSPS) is 10.6. The first-order chi connectivity index (χ1) is 11.9. The van der Waals surface area contributed by atoms with Crippen LogP contribution in [0.15, 0.2) is 45.7 Å². The van der Waals surface area contributed by atoms with E-state index < -0.39 is 18.5 Å². The molecule has 0 aliphatic carbocycles. The van der Waals surface area contributed by atoms with Gasteiger partial charge in [0.2, 0.25) is 0 Å². The van der Waals surface area contributed by atoms with E-state index in [0.29, 0.717) is 21.2 Å². The van der Waals surface area contributed by atoms with Crippen LogP contribution in [-0.2, 0) is 9.53 Å². The summed E-state index contributed by atoms with van der Waals surface area (Å²) in [6.07, 6.45) is 0. The lowest BCUT2D eigenvalue weighted by atomic mass is 10.2. The lowest BCUT2D eigenvalue weighted by molar-refractivity contribution is -0.119. The number of aromatic amines is 2. The standard InChI is InChI=1S/C16H11BrClN3O4/c17-8-1-3-11(18)10(5-8)15(23)25-7-14(22)19-9-2-4-12-13(6-9)21-16(24)20-12/h1-6H,7H2,(H,19,22)(H2,20,21,24). The van der Waals surface area contributed by atoms with Crippen LogP contribution >= 0.6 is 27.5 Å². The minimum atomic E-state index is -0.702. The second-order valence-corrected chi connectivity index (χ2v) is 6.41. The van der Waals surface area contributed by atoms with Crippen LogP contribution in [0.2, 0.25) is 5.02 Å². The quantitative estimate of drug-likeness (QED) is 0.560. The van der Waals surface area contributed by atoms with Gasteiger partial charge < -0.3 is 20.0 Å². The van der Waals surface area contributed by atoms with Gasteiger partial charge in [0.05, 0.1) is 21.6 Å². The fourth-order valence-electron chi connectivity index (χ4n) is 2.17. The molecule has 0 bridgehead atoms. The van der Waals surface area contributed by atoms with Gasteiger partial charge in [-0.2, -0.15) is 0 Å². The molecule has 2 aromatic carbocycles. The molecular weight excluding hydrogens is 414 g/mol. The molecule has 1 amide bonds. The molecule has 3 N–H and O–H groups in total. The van der Waals surface area contributed by atoms with Crippen molar-refractivity contribution in [1.29, 1.82) is 0 Å². The number of aromatic nitrogens is 2. The SMILES string of the molecule is O=C(COC(=O)c1cc(Br)ccc1Cl)Nc1ccc2[nH]c(=O)[nH]c2c1. The minimum absolute atomic E-state index is 0.162. The zero-order chi connectivity index (χ0) is 18.0. The van der Waals surface area contributed by atoms with E-state index in [1.807, 2.05) is 0 Å². The number of amides is 1. The van der Waals surface area contributed by atoms with Gasteiger partial charge in [0.25, 0.3) is 5.91 Å². The van der Waals surface area contributed by atoms with E-state index in [9.17, 15) is 14.4 Å². The Bertz CT molecular complexity index is 1030. The molecule has 0 unspecified atom stereocenters. The summed E-state index contributed by atoms with van der Waals surface area (Å²) >= 11 is 9.18. The van der Waals surface area contributed by atoms with Crippen molar-refractivity contribution in [3.8, 4) is 0 Å². The van der Waals surface area contributed by atoms with Gasteiger partial charge in [-0.1, -0.05) is 27.5 Å². The van der Waals surface area contributed by atoms with E-state index in [4.69, 9.17) is 16.3 Å². The lowest BCUT2D eigenvalue weighted by Crippen LogP contribution is -2.21. The number of benzene rings is 2.